The van der Waals surface area contributed by atoms with Crippen LogP contribution in [-0.2, 0) is 0 Å². The number of rotatable bonds is 2. The fraction of sp³-hybridized carbons (Fsp3) is 0.400. The van der Waals surface area contributed by atoms with Gasteiger partial charge in [0.2, 0.25) is 0 Å². The van der Waals surface area contributed by atoms with Crippen molar-refractivity contribution in [3.8, 4) is 0 Å². The van der Waals surface area contributed by atoms with E-state index < -0.39 is 0 Å². The largest absolute Gasteiger partial charge is 0.368 e. The van der Waals surface area contributed by atoms with Gasteiger partial charge in [0, 0.05) is 25.2 Å². The van der Waals surface area contributed by atoms with E-state index in [4.69, 9.17) is 23.2 Å². The average molecular weight is 231 g/mol. The Kier molecular flexibility index (Phi) is 2.86. The van der Waals surface area contributed by atoms with Gasteiger partial charge in [0.15, 0.2) is 0 Å². The highest BCUT2D eigenvalue weighted by molar-refractivity contribution is 6.36. The molecule has 0 aliphatic carbocycles. The van der Waals surface area contributed by atoms with Crippen LogP contribution in [0.3, 0.4) is 0 Å². The molecule has 1 aliphatic rings. The fourth-order valence-corrected chi connectivity index (χ4v) is 2.05. The summed E-state index contributed by atoms with van der Waals surface area (Å²) in [5.41, 5.74) is 1.04. The van der Waals surface area contributed by atoms with Crippen LogP contribution in [0.15, 0.2) is 18.2 Å². The molecule has 1 heterocycles. The second-order valence-corrected chi connectivity index (χ2v) is 4.36. The SMILES string of the molecule is CN(c1ccc(Cl)cc1Cl)C1CNC1. The molecule has 1 N–H and O–H groups in total. The normalized spacial score (nSPS) is 16.5. The molecule has 14 heavy (non-hydrogen) atoms. The van der Waals surface area contributed by atoms with Crippen molar-refractivity contribution in [3.63, 3.8) is 0 Å². The third kappa shape index (κ3) is 1.83. The van der Waals surface area contributed by atoms with E-state index in [1.807, 2.05) is 12.1 Å². The summed E-state index contributed by atoms with van der Waals surface area (Å²) in [7, 11) is 2.06. The van der Waals surface area contributed by atoms with Crippen molar-refractivity contribution in [1.82, 2.24) is 5.32 Å². The molecular formula is C10H12Cl2N2. The molecule has 4 heteroatoms. The molecule has 0 bridgehead atoms. The van der Waals surface area contributed by atoms with E-state index in [0.717, 1.165) is 18.8 Å². The molecule has 1 aliphatic heterocycles. The van der Waals surface area contributed by atoms with Crippen molar-refractivity contribution in [2.24, 2.45) is 0 Å². The van der Waals surface area contributed by atoms with Crippen LogP contribution < -0.4 is 10.2 Å². The Hall–Kier alpha value is -0.440. The number of hydrogen-bond acceptors (Lipinski definition) is 2. The molecule has 0 amide bonds. The standard InChI is InChI=1S/C10H12Cl2N2/c1-14(8-5-13-6-8)10-3-2-7(11)4-9(10)12/h2-4,8,13H,5-6H2,1H3. The Morgan fingerprint density at radius 1 is 1.36 bits per heavy atom. The Morgan fingerprint density at radius 2 is 2.07 bits per heavy atom. The fourth-order valence-electron chi connectivity index (χ4n) is 1.51. The van der Waals surface area contributed by atoms with Crippen LogP contribution in [0.1, 0.15) is 0 Å². The van der Waals surface area contributed by atoms with Gasteiger partial charge < -0.3 is 10.2 Å². The van der Waals surface area contributed by atoms with Crippen LogP contribution >= 0.6 is 23.2 Å². The van der Waals surface area contributed by atoms with Crippen molar-refractivity contribution in [1.29, 1.82) is 0 Å². The lowest BCUT2D eigenvalue weighted by Crippen LogP contribution is -2.56. The Balaban J connectivity index is 2.22. The van der Waals surface area contributed by atoms with Crippen molar-refractivity contribution in [2.75, 3.05) is 25.0 Å². The topological polar surface area (TPSA) is 15.3 Å². The van der Waals surface area contributed by atoms with E-state index in [2.05, 4.69) is 17.3 Å². The Bertz CT molecular complexity index is 337. The van der Waals surface area contributed by atoms with Crippen molar-refractivity contribution in [3.05, 3.63) is 28.2 Å². The molecule has 1 saturated heterocycles. The predicted octanol–water partition coefficient (Wildman–Crippen LogP) is 2.40. The minimum atomic E-state index is 0.550. The van der Waals surface area contributed by atoms with Crippen molar-refractivity contribution in [2.45, 2.75) is 6.04 Å². The van der Waals surface area contributed by atoms with Gasteiger partial charge in [0.1, 0.15) is 0 Å². The molecule has 0 radical (unpaired) electrons. The zero-order valence-electron chi connectivity index (χ0n) is 7.93. The van der Waals surface area contributed by atoms with Crippen LogP contribution in [-0.4, -0.2) is 26.2 Å². The molecule has 0 unspecified atom stereocenters. The smallest absolute Gasteiger partial charge is 0.0654 e. The van der Waals surface area contributed by atoms with Crippen LogP contribution in [0, 0.1) is 0 Å². The third-order valence-corrected chi connectivity index (χ3v) is 3.14. The lowest BCUT2D eigenvalue weighted by atomic mass is 10.1. The lowest BCUT2D eigenvalue weighted by Gasteiger charge is -2.37. The molecule has 1 fully saturated rings. The van der Waals surface area contributed by atoms with E-state index in [1.165, 1.54) is 0 Å². The van der Waals surface area contributed by atoms with Gasteiger partial charge in [0.25, 0.3) is 0 Å². The maximum Gasteiger partial charge on any atom is 0.0654 e. The summed E-state index contributed by atoms with van der Waals surface area (Å²) in [6.07, 6.45) is 0. The number of anilines is 1. The summed E-state index contributed by atoms with van der Waals surface area (Å²) in [5.74, 6) is 0. The second kappa shape index (κ2) is 3.97. The van der Waals surface area contributed by atoms with E-state index in [1.54, 1.807) is 6.07 Å². The third-order valence-electron chi connectivity index (χ3n) is 2.60. The van der Waals surface area contributed by atoms with Gasteiger partial charge >= 0.3 is 0 Å². The molecule has 2 rings (SSSR count). The highest BCUT2D eigenvalue weighted by Crippen LogP contribution is 2.29. The molecule has 2 nitrogen and oxygen atoms in total. The van der Waals surface area contributed by atoms with E-state index in [0.29, 0.717) is 16.1 Å². The maximum atomic E-state index is 6.10. The minimum Gasteiger partial charge on any atom is -0.368 e. The van der Waals surface area contributed by atoms with Gasteiger partial charge in [-0.15, -0.1) is 0 Å². The summed E-state index contributed by atoms with van der Waals surface area (Å²) >= 11 is 11.9. The molecule has 1 aromatic carbocycles. The number of halogens is 2. The zero-order chi connectivity index (χ0) is 10.1. The first-order chi connectivity index (χ1) is 6.68. The molecule has 76 valence electrons. The summed E-state index contributed by atoms with van der Waals surface area (Å²) < 4.78 is 0. The molecule has 0 atom stereocenters. The van der Waals surface area contributed by atoms with E-state index >= 15 is 0 Å². The first kappa shape index (κ1) is 10.1. The van der Waals surface area contributed by atoms with Crippen LogP contribution in [0.5, 0.6) is 0 Å². The summed E-state index contributed by atoms with van der Waals surface area (Å²) in [6.45, 7) is 2.05. The summed E-state index contributed by atoms with van der Waals surface area (Å²) in [5, 5.41) is 4.63. The highest BCUT2D eigenvalue weighted by Gasteiger charge is 2.22. The monoisotopic (exact) mass is 230 g/mol. The van der Waals surface area contributed by atoms with Crippen LogP contribution in [0.25, 0.3) is 0 Å². The molecule has 0 spiro atoms. The van der Waals surface area contributed by atoms with E-state index in [-0.39, 0.29) is 0 Å². The maximum absolute atomic E-state index is 6.10. The predicted molar refractivity (Wildman–Crippen MR) is 61.5 cm³/mol. The van der Waals surface area contributed by atoms with Gasteiger partial charge in [0.05, 0.1) is 16.8 Å². The van der Waals surface area contributed by atoms with Gasteiger partial charge in [-0.3, -0.25) is 0 Å². The quantitative estimate of drug-likeness (QED) is 0.840. The number of nitrogens with zero attached hydrogens (tertiary/aromatic N) is 1. The van der Waals surface area contributed by atoms with E-state index in [9.17, 15) is 0 Å². The number of likely N-dealkylation sites (N-methyl/N-ethyl adjacent to an activating group) is 1. The average Bonchev–Trinajstić information content (AvgIpc) is 2.00. The van der Waals surface area contributed by atoms with Gasteiger partial charge in [-0.2, -0.15) is 0 Å². The minimum absolute atomic E-state index is 0.550. The first-order valence-electron chi connectivity index (χ1n) is 4.57. The molecule has 0 saturated carbocycles. The Labute approximate surface area is 93.8 Å². The Morgan fingerprint density at radius 3 is 2.57 bits per heavy atom. The van der Waals surface area contributed by atoms with Crippen molar-refractivity contribution < 1.29 is 0 Å². The second-order valence-electron chi connectivity index (χ2n) is 3.52. The summed E-state index contributed by atoms with van der Waals surface area (Å²) in [6, 6.07) is 6.16. The van der Waals surface area contributed by atoms with Crippen LogP contribution in [0.4, 0.5) is 5.69 Å². The zero-order valence-corrected chi connectivity index (χ0v) is 9.44. The lowest BCUT2D eigenvalue weighted by molar-refractivity contribution is 0.429. The van der Waals surface area contributed by atoms with Crippen LogP contribution in [0.2, 0.25) is 10.0 Å². The van der Waals surface area contributed by atoms with Gasteiger partial charge in [-0.05, 0) is 18.2 Å². The number of benzene rings is 1. The highest BCUT2D eigenvalue weighted by atomic mass is 35.5. The molecule has 1 aromatic rings. The number of hydrogen-bond donors (Lipinski definition) is 1. The summed E-state index contributed by atoms with van der Waals surface area (Å²) in [4.78, 5) is 2.19. The van der Waals surface area contributed by atoms with Crippen molar-refractivity contribution >= 4 is 28.9 Å². The molecule has 0 aromatic heterocycles. The number of nitrogens with one attached hydrogen (secondary N) is 1. The molecular weight excluding hydrogens is 219 g/mol. The van der Waals surface area contributed by atoms with Gasteiger partial charge in [-0.1, -0.05) is 23.2 Å². The first-order valence-corrected chi connectivity index (χ1v) is 5.32. The van der Waals surface area contributed by atoms with Gasteiger partial charge in [-0.25, -0.2) is 0 Å².